The molecule has 0 spiro atoms. The van der Waals surface area contributed by atoms with Gasteiger partial charge in [0.25, 0.3) is 0 Å². The highest BCUT2D eigenvalue weighted by atomic mass is 35.5. The smallest absolute Gasteiger partial charge is 0.225 e. The summed E-state index contributed by atoms with van der Waals surface area (Å²) in [6.45, 7) is 1.67. The van der Waals surface area contributed by atoms with Gasteiger partial charge in [-0.15, -0.1) is 0 Å². The van der Waals surface area contributed by atoms with Crippen LogP contribution in [-0.4, -0.2) is 30.0 Å². The zero-order valence-corrected chi connectivity index (χ0v) is 10.2. The highest BCUT2D eigenvalue weighted by molar-refractivity contribution is 6.29. The van der Waals surface area contributed by atoms with Crippen LogP contribution in [0.5, 0.6) is 0 Å². The quantitative estimate of drug-likeness (QED) is 0.769. The number of nitrogens with zero attached hydrogens (tertiary/aromatic N) is 2. The van der Waals surface area contributed by atoms with E-state index in [4.69, 9.17) is 11.6 Å². The second-order valence-electron chi connectivity index (χ2n) is 4.57. The first kappa shape index (κ1) is 10.8. The molecule has 4 nitrogen and oxygen atoms in total. The topological polar surface area (TPSA) is 45.2 Å². The Hall–Kier alpha value is -1.29. The number of pyridine rings is 1. The molecule has 2 unspecified atom stereocenters. The molecule has 0 aliphatic carbocycles. The van der Waals surface area contributed by atoms with Gasteiger partial charge in [0.05, 0.1) is 12.0 Å². The van der Waals surface area contributed by atoms with E-state index in [0.29, 0.717) is 5.15 Å². The molecule has 0 aromatic carbocycles. The van der Waals surface area contributed by atoms with Crippen LogP contribution in [0.4, 0.5) is 5.82 Å². The first-order chi connectivity index (χ1) is 8.25. The van der Waals surface area contributed by atoms with Crippen LogP contribution in [0.1, 0.15) is 12.8 Å². The number of halogens is 1. The average Bonchev–Trinajstić information content (AvgIpc) is 2.71. The van der Waals surface area contributed by atoms with Gasteiger partial charge in [-0.3, -0.25) is 4.79 Å². The summed E-state index contributed by atoms with van der Waals surface area (Å²) in [6, 6.07) is 5.86. The number of amides is 1. The van der Waals surface area contributed by atoms with Crippen LogP contribution in [0.2, 0.25) is 5.15 Å². The zero-order valence-electron chi connectivity index (χ0n) is 9.40. The van der Waals surface area contributed by atoms with Gasteiger partial charge in [0.15, 0.2) is 0 Å². The number of aromatic nitrogens is 1. The molecule has 0 bridgehead atoms. The van der Waals surface area contributed by atoms with Gasteiger partial charge >= 0.3 is 0 Å². The Bertz CT molecular complexity index is 451. The van der Waals surface area contributed by atoms with E-state index in [0.717, 1.165) is 31.7 Å². The van der Waals surface area contributed by atoms with Crippen molar-refractivity contribution < 1.29 is 4.79 Å². The molecule has 2 aliphatic heterocycles. The van der Waals surface area contributed by atoms with Crippen molar-refractivity contribution >= 4 is 23.3 Å². The van der Waals surface area contributed by atoms with Gasteiger partial charge in [-0.25, -0.2) is 4.98 Å². The summed E-state index contributed by atoms with van der Waals surface area (Å²) in [6.07, 6.45) is 2.01. The number of carbonyl (C=O) groups excluding carboxylic acids is 1. The molecule has 5 heteroatoms. The van der Waals surface area contributed by atoms with E-state index in [-0.39, 0.29) is 17.9 Å². The van der Waals surface area contributed by atoms with E-state index in [1.54, 1.807) is 6.07 Å². The summed E-state index contributed by atoms with van der Waals surface area (Å²) in [5.41, 5.74) is 0. The Labute approximate surface area is 105 Å². The molecule has 1 N–H and O–H groups in total. The van der Waals surface area contributed by atoms with Crippen molar-refractivity contribution in [2.24, 2.45) is 5.92 Å². The molecule has 17 heavy (non-hydrogen) atoms. The van der Waals surface area contributed by atoms with Crippen LogP contribution < -0.4 is 10.2 Å². The Morgan fingerprint density at radius 1 is 1.47 bits per heavy atom. The maximum absolute atomic E-state index is 11.7. The van der Waals surface area contributed by atoms with Crippen LogP contribution in [0.15, 0.2) is 18.2 Å². The van der Waals surface area contributed by atoms with Crippen molar-refractivity contribution in [2.45, 2.75) is 18.9 Å². The predicted octanol–water partition coefficient (Wildman–Crippen LogP) is 1.45. The summed E-state index contributed by atoms with van der Waals surface area (Å²) in [7, 11) is 0. The van der Waals surface area contributed by atoms with Crippen molar-refractivity contribution in [1.82, 2.24) is 10.3 Å². The number of hydrogen-bond donors (Lipinski definition) is 1. The fourth-order valence-electron chi connectivity index (χ4n) is 2.79. The van der Waals surface area contributed by atoms with Crippen LogP contribution in [0, 0.1) is 5.92 Å². The molecule has 3 rings (SSSR count). The van der Waals surface area contributed by atoms with E-state index in [2.05, 4.69) is 15.2 Å². The first-order valence-electron chi connectivity index (χ1n) is 5.92. The summed E-state index contributed by atoms with van der Waals surface area (Å²) in [5, 5.41) is 3.44. The fourth-order valence-corrected chi connectivity index (χ4v) is 2.95. The molecule has 1 aromatic rings. The third kappa shape index (κ3) is 1.86. The van der Waals surface area contributed by atoms with Gasteiger partial charge in [0, 0.05) is 13.1 Å². The van der Waals surface area contributed by atoms with Gasteiger partial charge in [0.1, 0.15) is 11.0 Å². The number of carbonyl (C=O) groups is 1. The van der Waals surface area contributed by atoms with E-state index >= 15 is 0 Å². The summed E-state index contributed by atoms with van der Waals surface area (Å²) in [5.74, 6) is 1.18. The number of anilines is 1. The van der Waals surface area contributed by atoms with E-state index in [1.807, 2.05) is 12.1 Å². The van der Waals surface area contributed by atoms with Gasteiger partial charge in [-0.1, -0.05) is 17.7 Å². The fraction of sp³-hybridized carbons (Fsp3) is 0.500. The van der Waals surface area contributed by atoms with E-state index in [9.17, 15) is 4.79 Å². The molecule has 3 heterocycles. The van der Waals surface area contributed by atoms with E-state index in [1.165, 1.54) is 0 Å². The number of hydrogen-bond acceptors (Lipinski definition) is 3. The number of fused-ring (bicyclic) bond motifs is 1. The van der Waals surface area contributed by atoms with Crippen molar-refractivity contribution in [2.75, 3.05) is 18.0 Å². The molecule has 0 saturated carbocycles. The molecular formula is C12H14ClN3O. The summed E-state index contributed by atoms with van der Waals surface area (Å²) < 4.78 is 0. The van der Waals surface area contributed by atoms with Crippen LogP contribution in [0.25, 0.3) is 0 Å². The van der Waals surface area contributed by atoms with Gasteiger partial charge < -0.3 is 10.2 Å². The van der Waals surface area contributed by atoms with E-state index < -0.39 is 0 Å². The lowest BCUT2D eigenvalue weighted by Gasteiger charge is -2.36. The molecule has 2 atom stereocenters. The molecule has 1 aromatic heterocycles. The second-order valence-corrected chi connectivity index (χ2v) is 4.96. The average molecular weight is 252 g/mol. The van der Waals surface area contributed by atoms with Gasteiger partial charge in [0.2, 0.25) is 5.91 Å². The maximum atomic E-state index is 11.7. The largest absolute Gasteiger partial charge is 0.354 e. The van der Waals surface area contributed by atoms with Crippen molar-refractivity contribution in [3.8, 4) is 0 Å². The maximum Gasteiger partial charge on any atom is 0.225 e. The Kier molecular flexibility index (Phi) is 2.67. The monoisotopic (exact) mass is 251 g/mol. The first-order valence-corrected chi connectivity index (χ1v) is 6.30. The number of rotatable bonds is 1. The molecule has 2 saturated heterocycles. The molecule has 90 valence electrons. The second kappa shape index (κ2) is 4.18. The van der Waals surface area contributed by atoms with Crippen LogP contribution >= 0.6 is 11.6 Å². The SMILES string of the molecule is O=C1NCC2C1CCCN2c1cccc(Cl)n1. The lowest BCUT2D eigenvalue weighted by atomic mass is 9.91. The highest BCUT2D eigenvalue weighted by Crippen LogP contribution is 2.30. The Morgan fingerprint density at radius 2 is 2.35 bits per heavy atom. The van der Waals surface area contributed by atoms with Gasteiger partial charge in [-0.2, -0.15) is 0 Å². The Morgan fingerprint density at radius 3 is 3.18 bits per heavy atom. The van der Waals surface area contributed by atoms with Crippen molar-refractivity contribution in [1.29, 1.82) is 0 Å². The minimum Gasteiger partial charge on any atom is -0.354 e. The number of piperidine rings is 1. The lowest BCUT2D eigenvalue weighted by Crippen LogP contribution is -2.46. The van der Waals surface area contributed by atoms with Crippen LogP contribution in [-0.2, 0) is 4.79 Å². The molecular weight excluding hydrogens is 238 g/mol. The van der Waals surface area contributed by atoms with Crippen molar-refractivity contribution in [3.63, 3.8) is 0 Å². The third-order valence-corrected chi connectivity index (χ3v) is 3.81. The zero-order chi connectivity index (χ0) is 11.8. The molecule has 2 aliphatic rings. The summed E-state index contributed by atoms with van der Waals surface area (Å²) in [4.78, 5) is 18.2. The molecule has 1 amide bonds. The Balaban J connectivity index is 1.90. The standard InChI is InChI=1S/C12H14ClN3O/c13-10-4-1-5-11(15-10)16-6-2-3-8-9(16)7-14-12(8)17/h1,4-5,8-9H,2-3,6-7H2,(H,14,17). The van der Waals surface area contributed by atoms with Crippen molar-refractivity contribution in [3.05, 3.63) is 23.4 Å². The predicted molar refractivity (Wildman–Crippen MR) is 66.1 cm³/mol. The normalized spacial score (nSPS) is 27.8. The minimum atomic E-state index is 0.115. The third-order valence-electron chi connectivity index (χ3n) is 3.60. The van der Waals surface area contributed by atoms with Crippen LogP contribution in [0.3, 0.4) is 0 Å². The van der Waals surface area contributed by atoms with Gasteiger partial charge in [-0.05, 0) is 25.0 Å². The number of nitrogens with one attached hydrogen (secondary N) is 1. The molecule has 0 radical (unpaired) electrons. The lowest BCUT2D eigenvalue weighted by molar-refractivity contribution is -0.122. The highest BCUT2D eigenvalue weighted by Gasteiger charge is 2.41. The molecule has 2 fully saturated rings. The summed E-state index contributed by atoms with van der Waals surface area (Å²) >= 11 is 5.92. The minimum absolute atomic E-state index is 0.115.